The summed E-state index contributed by atoms with van der Waals surface area (Å²) in [6.07, 6.45) is 0. The van der Waals surface area contributed by atoms with Crippen molar-refractivity contribution in [1.29, 1.82) is 21.0 Å². The molecule has 0 saturated heterocycles. The van der Waals surface area contributed by atoms with Gasteiger partial charge in [-0.2, -0.15) is 21.0 Å². The molecule has 0 aliphatic carbocycles. The number of benzene rings is 2. The average Bonchev–Trinajstić information content (AvgIpc) is 3.15. The summed E-state index contributed by atoms with van der Waals surface area (Å²) in [7, 11) is 2.43. The van der Waals surface area contributed by atoms with E-state index in [1.165, 1.54) is 31.4 Å². The Morgan fingerprint density at radius 3 is 1.91 bits per heavy atom. The first-order valence-electron chi connectivity index (χ1n) is 9.50. The van der Waals surface area contributed by atoms with Crippen LogP contribution in [0.2, 0.25) is 0 Å². The molecule has 11 nitrogen and oxygen atoms in total. The molecule has 0 fully saturated rings. The van der Waals surface area contributed by atoms with Crippen molar-refractivity contribution >= 4 is 17.4 Å². The van der Waals surface area contributed by atoms with E-state index >= 15 is 0 Å². The molecule has 1 aliphatic heterocycles. The Kier molecular flexibility index (Phi) is 5.75. The van der Waals surface area contributed by atoms with E-state index < -0.39 is 27.3 Å². The van der Waals surface area contributed by atoms with E-state index in [2.05, 4.69) is 4.99 Å². The Balaban J connectivity index is 2.50. The van der Waals surface area contributed by atoms with E-state index in [-0.39, 0.29) is 22.5 Å². The number of non-ortho nitro benzene ring substituents is 1. The highest BCUT2D eigenvalue weighted by Crippen LogP contribution is 2.60. The van der Waals surface area contributed by atoms with Crippen LogP contribution >= 0.6 is 0 Å². The van der Waals surface area contributed by atoms with Gasteiger partial charge in [0.2, 0.25) is 16.4 Å². The summed E-state index contributed by atoms with van der Waals surface area (Å²) < 4.78 is 10.0. The van der Waals surface area contributed by atoms with Gasteiger partial charge in [0.15, 0.2) is 0 Å². The second-order valence-corrected chi connectivity index (χ2v) is 7.14. The summed E-state index contributed by atoms with van der Waals surface area (Å²) in [5.74, 6) is -0.744. The molecule has 0 radical (unpaired) electrons. The van der Waals surface area contributed by atoms with Gasteiger partial charge in [0.1, 0.15) is 5.75 Å². The standard InChI is InChI=1S/C23H14N6O5/c1-33-18-9-3-15(4-10-18)19-21(11-24,12-25)22(13-26,14-27)23(28-19,20(30)34-2)16-5-7-17(8-6-16)29(31)32/h3-10H,1-2H3. The predicted octanol–water partition coefficient (Wildman–Crippen LogP) is 2.54. The minimum Gasteiger partial charge on any atom is -0.497 e. The molecule has 3 rings (SSSR count). The van der Waals surface area contributed by atoms with E-state index in [0.717, 1.165) is 31.4 Å². The zero-order valence-corrected chi connectivity index (χ0v) is 17.8. The Bertz CT molecular complexity index is 1340. The number of nitrogens with zero attached hydrogens (tertiary/aromatic N) is 6. The molecule has 1 aliphatic rings. The van der Waals surface area contributed by atoms with Crippen LogP contribution in [0.4, 0.5) is 5.69 Å². The summed E-state index contributed by atoms with van der Waals surface area (Å²) in [5.41, 5.74) is -8.30. The lowest BCUT2D eigenvalue weighted by Crippen LogP contribution is -2.54. The molecule has 0 bridgehead atoms. The van der Waals surface area contributed by atoms with Crippen molar-refractivity contribution < 1.29 is 19.2 Å². The lowest BCUT2D eigenvalue weighted by Gasteiger charge is -2.36. The fraction of sp³-hybridized carbons (Fsp3) is 0.217. The van der Waals surface area contributed by atoms with Crippen molar-refractivity contribution in [2.24, 2.45) is 15.8 Å². The fourth-order valence-corrected chi connectivity index (χ4v) is 4.04. The Morgan fingerprint density at radius 2 is 1.50 bits per heavy atom. The highest BCUT2D eigenvalue weighted by molar-refractivity contribution is 6.14. The molecule has 1 heterocycles. The first-order valence-corrected chi connectivity index (χ1v) is 9.50. The van der Waals surface area contributed by atoms with Crippen LogP contribution in [-0.4, -0.2) is 30.8 Å². The van der Waals surface area contributed by atoms with Gasteiger partial charge in [-0.3, -0.25) is 15.1 Å². The van der Waals surface area contributed by atoms with Crippen LogP contribution < -0.4 is 4.74 Å². The summed E-state index contributed by atoms with van der Waals surface area (Å²) in [5, 5.41) is 52.0. The summed E-state index contributed by atoms with van der Waals surface area (Å²) in [6.45, 7) is 0. The first kappa shape index (κ1) is 23.4. The Morgan fingerprint density at radius 1 is 0.941 bits per heavy atom. The van der Waals surface area contributed by atoms with E-state index in [0.29, 0.717) is 5.75 Å². The van der Waals surface area contributed by atoms with Crippen LogP contribution in [0.25, 0.3) is 0 Å². The maximum atomic E-state index is 13.3. The molecule has 2 aromatic rings. The zero-order chi connectivity index (χ0) is 25.1. The van der Waals surface area contributed by atoms with E-state index in [4.69, 9.17) is 9.47 Å². The van der Waals surface area contributed by atoms with Crippen LogP contribution in [0.5, 0.6) is 5.75 Å². The van der Waals surface area contributed by atoms with Crippen LogP contribution in [-0.2, 0) is 15.1 Å². The van der Waals surface area contributed by atoms with Gasteiger partial charge in [0, 0.05) is 12.1 Å². The number of esters is 1. The monoisotopic (exact) mass is 454 g/mol. The number of hydrogen-bond acceptors (Lipinski definition) is 10. The van der Waals surface area contributed by atoms with Crippen LogP contribution in [0, 0.1) is 66.3 Å². The quantitative estimate of drug-likeness (QED) is 0.371. The van der Waals surface area contributed by atoms with E-state index in [9.17, 15) is 36.0 Å². The molecule has 0 aromatic heterocycles. The molecule has 0 spiro atoms. The third-order valence-electron chi connectivity index (χ3n) is 5.75. The number of nitro groups is 1. The highest BCUT2D eigenvalue weighted by Gasteiger charge is 2.77. The number of aliphatic imine (C=N–C) groups is 1. The maximum absolute atomic E-state index is 13.3. The van der Waals surface area contributed by atoms with Crippen LogP contribution in [0.3, 0.4) is 0 Å². The molecule has 0 N–H and O–H groups in total. The van der Waals surface area contributed by atoms with Gasteiger partial charge < -0.3 is 9.47 Å². The normalized spacial score (nSPS) is 19.3. The number of ether oxygens (including phenoxy) is 2. The maximum Gasteiger partial charge on any atom is 0.341 e. The van der Waals surface area contributed by atoms with Crippen molar-refractivity contribution in [2.75, 3.05) is 14.2 Å². The molecular formula is C23H14N6O5. The number of nitriles is 4. The predicted molar refractivity (Wildman–Crippen MR) is 114 cm³/mol. The first-order chi connectivity index (χ1) is 16.3. The smallest absolute Gasteiger partial charge is 0.341 e. The molecular weight excluding hydrogens is 440 g/mol. The Labute approximate surface area is 193 Å². The van der Waals surface area contributed by atoms with Crippen molar-refractivity contribution in [3.05, 3.63) is 69.8 Å². The van der Waals surface area contributed by atoms with Gasteiger partial charge in [-0.1, -0.05) is 0 Å². The summed E-state index contributed by atoms with van der Waals surface area (Å²) in [4.78, 5) is 28.1. The topological polar surface area (TPSA) is 186 Å². The van der Waals surface area contributed by atoms with Crippen LogP contribution in [0.15, 0.2) is 53.5 Å². The molecule has 2 aromatic carbocycles. The van der Waals surface area contributed by atoms with Crippen molar-refractivity contribution in [2.45, 2.75) is 5.54 Å². The number of carbonyl (C=O) groups is 1. The van der Waals surface area contributed by atoms with Crippen LogP contribution in [0.1, 0.15) is 11.1 Å². The van der Waals surface area contributed by atoms with Crippen molar-refractivity contribution in [3.63, 3.8) is 0 Å². The summed E-state index contributed by atoms with van der Waals surface area (Å²) in [6, 6.07) is 17.2. The van der Waals surface area contributed by atoms with Gasteiger partial charge in [-0.25, -0.2) is 4.79 Å². The SMILES string of the molecule is COC(=O)C1(c2ccc([N+](=O)[O-])cc2)N=C(c2ccc(OC)cc2)C(C#N)(C#N)C1(C#N)C#N. The molecule has 1 unspecified atom stereocenters. The zero-order valence-electron chi connectivity index (χ0n) is 17.8. The average molecular weight is 454 g/mol. The molecule has 1 atom stereocenters. The molecule has 11 heteroatoms. The van der Waals surface area contributed by atoms with Gasteiger partial charge in [-0.05, 0) is 47.5 Å². The largest absolute Gasteiger partial charge is 0.497 e. The fourth-order valence-electron chi connectivity index (χ4n) is 4.04. The van der Waals surface area contributed by atoms with Gasteiger partial charge >= 0.3 is 5.97 Å². The lowest BCUT2D eigenvalue weighted by molar-refractivity contribution is -0.384. The Hall–Kier alpha value is -5.26. The number of rotatable bonds is 5. The third kappa shape index (κ3) is 2.79. The lowest BCUT2D eigenvalue weighted by atomic mass is 9.55. The molecule has 166 valence electrons. The van der Waals surface area contributed by atoms with Gasteiger partial charge in [0.05, 0.1) is 49.1 Å². The van der Waals surface area contributed by atoms with Gasteiger partial charge in [0.25, 0.3) is 5.69 Å². The van der Waals surface area contributed by atoms with Gasteiger partial charge in [-0.15, -0.1) is 0 Å². The number of methoxy groups -OCH3 is 2. The van der Waals surface area contributed by atoms with Crippen molar-refractivity contribution in [3.8, 4) is 30.0 Å². The molecule has 0 amide bonds. The highest BCUT2D eigenvalue weighted by atomic mass is 16.6. The second kappa shape index (κ2) is 8.35. The number of hydrogen-bond donors (Lipinski definition) is 0. The minimum atomic E-state index is -2.71. The second-order valence-electron chi connectivity index (χ2n) is 7.14. The molecule has 34 heavy (non-hydrogen) atoms. The molecule has 0 saturated carbocycles. The number of nitro benzene ring substituents is 1. The number of carbonyl (C=O) groups excluding carboxylic acids is 1. The third-order valence-corrected chi connectivity index (χ3v) is 5.75. The van der Waals surface area contributed by atoms with E-state index in [1.54, 1.807) is 24.3 Å². The van der Waals surface area contributed by atoms with E-state index in [1.807, 2.05) is 0 Å². The minimum absolute atomic E-state index is 0.133. The van der Waals surface area contributed by atoms with Crippen molar-refractivity contribution in [1.82, 2.24) is 0 Å². The summed E-state index contributed by atoms with van der Waals surface area (Å²) >= 11 is 0.